The Kier molecular flexibility index (Phi) is 5.38. The highest BCUT2D eigenvalue weighted by Crippen LogP contribution is 1.97. The van der Waals surface area contributed by atoms with Crippen molar-refractivity contribution in [2.45, 2.75) is 12.5 Å². The molecule has 10 heavy (non-hydrogen) atoms. The number of carbonyl (C=O) groups is 1. The van der Waals surface area contributed by atoms with Crippen LogP contribution in [0.1, 0.15) is 6.42 Å². The standard InChI is InChI=1S/C5H13N3OS/c1-10-3-2-4(6)5(9)8-7/h4H,2-3,6-7H2,1H3,(H,8,9). The quantitative estimate of drug-likeness (QED) is 0.284. The van der Waals surface area contributed by atoms with E-state index in [0.717, 1.165) is 5.75 Å². The molecule has 0 aromatic heterocycles. The van der Waals surface area contributed by atoms with E-state index in [-0.39, 0.29) is 5.91 Å². The molecule has 0 aliphatic rings. The van der Waals surface area contributed by atoms with E-state index in [1.165, 1.54) is 0 Å². The highest BCUT2D eigenvalue weighted by Gasteiger charge is 2.09. The van der Waals surface area contributed by atoms with Crippen molar-refractivity contribution in [2.24, 2.45) is 11.6 Å². The molecule has 0 bridgehead atoms. The Morgan fingerprint density at radius 2 is 2.40 bits per heavy atom. The van der Waals surface area contributed by atoms with Crippen LogP contribution in [0.15, 0.2) is 0 Å². The molecule has 1 atom stereocenters. The summed E-state index contributed by atoms with van der Waals surface area (Å²) in [6.07, 6.45) is 2.64. The van der Waals surface area contributed by atoms with Crippen LogP contribution in [-0.4, -0.2) is 24.0 Å². The number of hydrogen-bond acceptors (Lipinski definition) is 4. The summed E-state index contributed by atoms with van der Waals surface area (Å²) < 4.78 is 0. The van der Waals surface area contributed by atoms with Gasteiger partial charge < -0.3 is 5.73 Å². The van der Waals surface area contributed by atoms with E-state index in [1.807, 2.05) is 11.7 Å². The minimum absolute atomic E-state index is 0.297. The monoisotopic (exact) mass is 163 g/mol. The van der Waals surface area contributed by atoms with Gasteiger partial charge in [-0.05, 0) is 18.4 Å². The summed E-state index contributed by atoms with van der Waals surface area (Å²) in [5.41, 5.74) is 7.41. The molecule has 1 unspecified atom stereocenters. The normalized spacial score (nSPS) is 12.7. The van der Waals surface area contributed by atoms with E-state index in [4.69, 9.17) is 11.6 Å². The first kappa shape index (κ1) is 9.74. The molecule has 0 saturated carbocycles. The smallest absolute Gasteiger partial charge is 0.250 e. The van der Waals surface area contributed by atoms with Gasteiger partial charge in [0.25, 0.3) is 5.91 Å². The van der Waals surface area contributed by atoms with E-state index in [1.54, 1.807) is 11.8 Å². The Morgan fingerprint density at radius 1 is 1.80 bits per heavy atom. The Bertz CT molecular complexity index is 109. The van der Waals surface area contributed by atoms with Crippen molar-refractivity contribution in [1.82, 2.24) is 5.43 Å². The molecule has 0 heterocycles. The molecule has 0 aliphatic carbocycles. The van der Waals surface area contributed by atoms with Gasteiger partial charge in [-0.1, -0.05) is 0 Å². The van der Waals surface area contributed by atoms with Crippen LogP contribution in [0.3, 0.4) is 0 Å². The lowest BCUT2D eigenvalue weighted by Gasteiger charge is -2.07. The maximum absolute atomic E-state index is 10.6. The summed E-state index contributed by atoms with van der Waals surface area (Å²) in [7, 11) is 0. The largest absolute Gasteiger partial charge is 0.320 e. The van der Waals surface area contributed by atoms with Gasteiger partial charge in [0.15, 0.2) is 0 Å². The van der Waals surface area contributed by atoms with Gasteiger partial charge in [0.05, 0.1) is 6.04 Å². The van der Waals surface area contributed by atoms with Crippen molar-refractivity contribution < 1.29 is 4.79 Å². The van der Waals surface area contributed by atoms with Crippen LogP contribution in [-0.2, 0) is 4.79 Å². The molecule has 0 spiro atoms. The third-order valence-corrected chi connectivity index (χ3v) is 1.76. The van der Waals surface area contributed by atoms with Gasteiger partial charge in [-0.3, -0.25) is 10.2 Å². The number of hydrogen-bond donors (Lipinski definition) is 3. The first-order chi connectivity index (χ1) is 4.72. The Labute approximate surface area is 64.7 Å². The number of carbonyl (C=O) groups excluding carboxylic acids is 1. The molecule has 0 fully saturated rings. The van der Waals surface area contributed by atoms with Gasteiger partial charge in [-0.15, -0.1) is 0 Å². The summed E-state index contributed by atoms with van der Waals surface area (Å²) in [4.78, 5) is 10.6. The molecule has 5 N–H and O–H groups in total. The Balaban J connectivity index is 3.41. The molecule has 0 aromatic rings. The fourth-order valence-corrected chi connectivity index (χ4v) is 0.973. The van der Waals surface area contributed by atoms with E-state index in [2.05, 4.69) is 0 Å². The number of thioether (sulfide) groups is 1. The third kappa shape index (κ3) is 3.71. The van der Waals surface area contributed by atoms with Crippen molar-refractivity contribution in [2.75, 3.05) is 12.0 Å². The molecule has 60 valence electrons. The number of hydrazine groups is 1. The van der Waals surface area contributed by atoms with Crippen LogP contribution in [0.2, 0.25) is 0 Å². The van der Waals surface area contributed by atoms with Gasteiger partial charge in [-0.25, -0.2) is 5.84 Å². The predicted molar refractivity (Wildman–Crippen MR) is 43.3 cm³/mol. The summed E-state index contributed by atoms with van der Waals surface area (Å²) >= 11 is 1.66. The summed E-state index contributed by atoms with van der Waals surface area (Å²) in [6.45, 7) is 0. The van der Waals surface area contributed by atoms with Crippen LogP contribution in [0.25, 0.3) is 0 Å². The number of amides is 1. The second-order valence-electron chi connectivity index (χ2n) is 1.90. The van der Waals surface area contributed by atoms with E-state index in [9.17, 15) is 4.79 Å². The van der Waals surface area contributed by atoms with Crippen LogP contribution in [0.5, 0.6) is 0 Å². The zero-order valence-corrected chi connectivity index (χ0v) is 6.78. The molecular weight excluding hydrogens is 150 g/mol. The van der Waals surface area contributed by atoms with Crippen molar-refractivity contribution in [1.29, 1.82) is 0 Å². The Hall–Kier alpha value is -0.260. The zero-order chi connectivity index (χ0) is 7.98. The molecule has 0 radical (unpaired) electrons. The summed E-state index contributed by atoms with van der Waals surface area (Å²) in [5.74, 6) is 5.44. The zero-order valence-electron chi connectivity index (χ0n) is 5.96. The molecule has 5 heteroatoms. The van der Waals surface area contributed by atoms with Gasteiger partial charge >= 0.3 is 0 Å². The van der Waals surface area contributed by atoms with Crippen molar-refractivity contribution >= 4 is 17.7 Å². The van der Waals surface area contributed by atoms with Crippen LogP contribution in [0, 0.1) is 0 Å². The van der Waals surface area contributed by atoms with Crippen LogP contribution in [0.4, 0.5) is 0 Å². The molecule has 1 amide bonds. The fourth-order valence-electron chi connectivity index (χ4n) is 0.483. The number of rotatable bonds is 4. The van der Waals surface area contributed by atoms with Gasteiger partial charge in [-0.2, -0.15) is 11.8 Å². The van der Waals surface area contributed by atoms with E-state index < -0.39 is 6.04 Å². The van der Waals surface area contributed by atoms with Crippen molar-refractivity contribution in [3.05, 3.63) is 0 Å². The molecule has 0 saturated heterocycles. The van der Waals surface area contributed by atoms with Gasteiger partial charge in [0.1, 0.15) is 0 Å². The maximum atomic E-state index is 10.6. The average molecular weight is 163 g/mol. The van der Waals surface area contributed by atoms with Crippen LogP contribution >= 0.6 is 11.8 Å². The maximum Gasteiger partial charge on any atom is 0.250 e. The van der Waals surface area contributed by atoms with E-state index in [0.29, 0.717) is 6.42 Å². The van der Waals surface area contributed by atoms with Crippen LogP contribution < -0.4 is 17.0 Å². The first-order valence-corrected chi connectivity index (χ1v) is 4.36. The number of nitrogens with one attached hydrogen (secondary N) is 1. The highest BCUT2D eigenvalue weighted by atomic mass is 32.2. The second kappa shape index (κ2) is 5.52. The molecule has 0 aliphatic heterocycles. The summed E-state index contributed by atoms with van der Waals surface area (Å²) in [6, 6.07) is -0.461. The lowest BCUT2D eigenvalue weighted by Crippen LogP contribution is -2.44. The lowest BCUT2D eigenvalue weighted by molar-refractivity contribution is -0.122. The predicted octanol–water partition coefficient (Wildman–Crippen LogP) is -0.943. The third-order valence-electron chi connectivity index (χ3n) is 1.11. The lowest BCUT2D eigenvalue weighted by atomic mass is 10.2. The van der Waals surface area contributed by atoms with Crippen molar-refractivity contribution in [3.63, 3.8) is 0 Å². The Morgan fingerprint density at radius 3 is 2.80 bits per heavy atom. The molecule has 0 rings (SSSR count). The summed E-state index contributed by atoms with van der Waals surface area (Å²) in [5, 5.41) is 0. The molecular formula is C5H13N3OS. The average Bonchev–Trinajstić information content (AvgIpc) is 1.98. The minimum atomic E-state index is -0.461. The topological polar surface area (TPSA) is 81.1 Å². The van der Waals surface area contributed by atoms with Crippen molar-refractivity contribution in [3.8, 4) is 0 Å². The second-order valence-corrected chi connectivity index (χ2v) is 2.88. The number of nitrogens with two attached hydrogens (primary N) is 2. The molecule has 4 nitrogen and oxygen atoms in total. The SMILES string of the molecule is CSCCC(N)C(=O)NN. The fraction of sp³-hybridized carbons (Fsp3) is 0.800. The first-order valence-electron chi connectivity index (χ1n) is 2.97. The minimum Gasteiger partial charge on any atom is -0.320 e. The van der Waals surface area contributed by atoms with Gasteiger partial charge in [0, 0.05) is 0 Å². The highest BCUT2D eigenvalue weighted by molar-refractivity contribution is 7.98. The molecule has 0 aromatic carbocycles. The van der Waals surface area contributed by atoms with Gasteiger partial charge in [0.2, 0.25) is 0 Å². The van der Waals surface area contributed by atoms with E-state index >= 15 is 0 Å².